The molecule has 0 bridgehead atoms. The van der Waals surface area contributed by atoms with Crippen LogP contribution in [0.25, 0.3) is 10.9 Å². The van der Waals surface area contributed by atoms with Gasteiger partial charge in [0.05, 0.1) is 6.04 Å². The van der Waals surface area contributed by atoms with Gasteiger partial charge >= 0.3 is 5.97 Å². The molecule has 2 aromatic rings. The number of rotatable bonds is 10. The zero-order valence-corrected chi connectivity index (χ0v) is 17.9. The van der Waals surface area contributed by atoms with Crippen LogP contribution in [0.2, 0.25) is 0 Å². The van der Waals surface area contributed by atoms with Gasteiger partial charge in [-0.05, 0) is 29.9 Å². The minimum Gasteiger partial charge on any atom is -0.480 e. The van der Waals surface area contributed by atoms with Crippen molar-refractivity contribution < 1.29 is 19.5 Å². The molecule has 0 saturated carbocycles. The summed E-state index contributed by atoms with van der Waals surface area (Å²) in [6.07, 6.45) is 2.78. The van der Waals surface area contributed by atoms with E-state index >= 15 is 0 Å². The molecule has 0 spiro atoms. The molecule has 0 aliphatic carbocycles. The molecule has 0 fully saturated rings. The van der Waals surface area contributed by atoms with E-state index < -0.39 is 35.9 Å². The van der Waals surface area contributed by atoms with Crippen molar-refractivity contribution in [1.29, 1.82) is 0 Å². The molecule has 8 heteroatoms. The molecule has 6 N–H and O–H groups in total. The number of carbonyl (C=O) groups excluding carboxylic acids is 2. The first-order valence-electron chi connectivity index (χ1n) is 10.3. The van der Waals surface area contributed by atoms with Gasteiger partial charge in [0.1, 0.15) is 12.1 Å². The number of nitrogens with two attached hydrogens (primary N) is 1. The van der Waals surface area contributed by atoms with Crippen molar-refractivity contribution >= 4 is 28.7 Å². The van der Waals surface area contributed by atoms with Gasteiger partial charge in [-0.1, -0.05) is 52.3 Å². The van der Waals surface area contributed by atoms with Gasteiger partial charge in [0, 0.05) is 17.1 Å². The zero-order chi connectivity index (χ0) is 22.4. The van der Waals surface area contributed by atoms with Crippen LogP contribution < -0.4 is 16.4 Å². The number of carbonyl (C=O) groups is 3. The lowest BCUT2D eigenvalue weighted by Crippen LogP contribution is -2.57. The SMILES string of the molecule is CC[C@H](C)[C@H](NC(=O)[C@@H](N)Cc1c[nH]c2ccccc12)C(=O)N[C@H](C(=O)O)C(C)C. The largest absolute Gasteiger partial charge is 0.480 e. The fourth-order valence-corrected chi connectivity index (χ4v) is 3.35. The molecule has 2 rings (SSSR count). The lowest BCUT2D eigenvalue weighted by Gasteiger charge is -2.27. The Balaban J connectivity index is 2.10. The highest BCUT2D eigenvalue weighted by Crippen LogP contribution is 2.19. The normalized spacial score (nSPS) is 15.4. The number of H-pyrrole nitrogens is 1. The van der Waals surface area contributed by atoms with Gasteiger partial charge in [-0.15, -0.1) is 0 Å². The molecule has 0 radical (unpaired) electrons. The van der Waals surface area contributed by atoms with Gasteiger partial charge in [0.15, 0.2) is 0 Å². The number of amides is 2. The van der Waals surface area contributed by atoms with Gasteiger partial charge in [-0.3, -0.25) is 9.59 Å². The number of aliphatic carboxylic acids is 1. The number of aromatic nitrogens is 1. The average Bonchev–Trinajstić information content (AvgIpc) is 3.11. The molecule has 0 unspecified atom stereocenters. The molecule has 1 aromatic heterocycles. The molecule has 1 heterocycles. The lowest BCUT2D eigenvalue weighted by atomic mass is 9.96. The minimum atomic E-state index is -1.11. The maximum atomic E-state index is 12.8. The summed E-state index contributed by atoms with van der Waals surface area (Å²) in [7, 11) is 0. The van der Waals surface area contributed by atoms with E-state index in [0.29, 0.717) is 12.8 Å². The highest BCUT2D eigenvalue weighted by Gasteiger charge is 2.32. The van der Waals surface area contributed by atoms with Gasteiger partial charge in [0.25, 0.3) is 0 Å². The van der Waals surface area contributed by atoms with Crippen LogP contribution in [0.4, 0.5) is 0 Å². The zero-order valence-electron chi connectivity index (χ0n) is 17.9. The molecule has 164 valence electrons. The third-order valence-corrected chi connectivity index (χ3v) is 5.48. The van der Waals surface area contributed by atoms with E-state index in [1.807, 2.05) is 44.3 Å². The minimum absolute atomic E-state index is 0.184. The number of fused-ring (bicyclic) bond motifs is 1. The number of para-hydroxylation sites is 1. The van der Waals surface area contributed by atoms with E-state index in [1.54, 1.807) is 13.8 Å². The highest BCUT2D eigenvalue weighted by atomic mass is 16.4. The summed E-state index contributed by atoms with van der Waals surface area (Å²) < 4.78 is 0. The quantitative estimate of drug-likeness (QED) is 0.402. The van der Waals surface area contributed by atoms with Crippen LogP contribution in [-0.2, 0) is 20.8 Å². The number of aromatic amines is 1. The molecular weight excluding hydrogens is 384 g/mol. The average molecular weight is 417 g/mol. The van der Waals surface area contributed by atoms with Crippen molar-refractivity contribution in [2.24, 2.45) is 17.6 Å². The van der Waals surface area contributed by atoms with Gasteiger partial charge in [-0.25, -0.2) is 4.79 Å². The van der Waals surface area contributed by atoms with Crippen molar-refractivity contribution in [3.05, 3.63) is 36.0 Å². The summed E-state index contributed by atoms with van der Waals surface area (Å²) >= 11 is 0. The molecule has 0 aliphatic rings. The predicted molar refractivity (Wildman–Crippen MR) is 116 cm³/mol. The number of carboxylic acid groups (broad SMARTS) is 1. The van der Waals surface area contributed by atoms with E-state index in [-0.39, 0.29) is 11.8 Å². The van der Waals surface area contributed by atoms with E-state index in [4.69, 9.17) is 5.73 Å². The van der Waals surface area contributed by atoms with Gasteiger partial charge in [0.2, 0.25) is 11.8 Å². The van der Waals surface area contributed by atoms with E-state index in [9.17, 15) is 19.5 Å². The predicted octanol–water partition coefficient (Wildman–Crippen LogP) is 1.79. The van der Waals surface area contributed by atoms with Crippen LogP contribution in [-0.4, -0.2) is 46.0 Å². The second kappa shape index (κ2) is 10.2. The molecule has 4 atom stereocenters. The van der Waals surface area contributed by atoms with Crippen molar-refractivity contribution in [3.63, 3.8) is 0 Å². The maximum absolute atomic E-state index is 12.8. The van der Waals surface area contributed by atoms with Crippen LogP contribution in [0.15, 0.2) is 30.5 Å². The van der Waals surface area contributed by atoms with Crippen molar-refractivity contribution in [1.82, 2.24) is 15.6 Å². The summed E-state index contributed by atoms with van der Waals surface area (Å²) in [5.41, 5.74) is 8.02. The first-order valence-corrected chi connectivity index (χ1v) is 10.3. The second-order valence-corrected chi connectivity index (χ2v) is 8.11. The Morgan fingerprint density at radius 3 is 2.30 bits per heavy atom. The standard InChI is InChI=1S/C22H32N4O4/c1-5-13(4)19(21(28)25-18(12(2)3)22(29)30)26-20(27)16(23)10-14-11-24-17-9-7-6-8-15(14)17/h6-9,11-13,16,18-19,24H,5,10,23H2,1-4H3,(H,25,28)(H,26,27)(H,29,30)/t13-,16-,18-,19-/m0/s1. The molecule has 2 amide bonds. The third-order valence-electron chi connectivity index (χ3n) is 5.48. The molecule has 0 aliphatic heterocycles. The highest BCUT2D eigenvalue weighted by molar-refractivity contribution is 5.92. The monoisotopic (exact) mass is 416 g/mol. The van der Waals surface area contributed by atoms with Gasteiger partial charge < -0.3 is 26.5 Å². The summed E-state index contributed by atoms with van der Waals surface area (Å²) in [6, 6.07) is 5.01. The molecule has 30 heavy (non-hydrogen) atoms. The number of hydrogen-bond acceptors (Lipinski definition) is 4. The Labute approximate surface area is 176 Å². The van der Waals surface area contributed by atoms with Crippen LogP contribution in [0.5, 0.6) is 0 Å². The van der Waals surface area contributed by atoms with Crippen LogP contribution in [0.3, 0.4) is 0 Å². The maximum Gasteiger partial charge on any atom is 0.326 e. The first kappa shape index (κ1) is 23.4. The van der Waals surface area contributed by atoms with Crippen molar-refractivity contribution in [3.8, 4) is 0 Å². The van der Waals surface area contributed by atoms with Crippen LogP contribution in [0, 0.1) is 11.8 Å². The van der Waals surface area contributed by atoms with E-state index in [2.05, 4.69) is 15.6 Å². The van der Waals surface area contributed by atoms with Crippen molar-refractivity contribution in [2.75, 3.05) is 0 Å². The number of hydrogen-bond donors (Lipinski definition) is 5. The Hall–Kier alpha value is -2.87. The topological polar surface area (TPSA) is 137 Å². The lowest BCUT2D eigenvalue weighted by molar-refractivity contribution is -0.143. The van der Waals surface area contributed by atoms with E-state index in [0.717, 1.165) is 16.5 Å². The van der Waals surface area contributed by atoms with Crippen LogP contribution >= 0.6 is 0 Å². The Kier molecular flexibility index (Phi) is 8.00. The smallest absolute Gasteiger partial charge is 0.326 e. The second-order valence-electron chi connectivity index (χ2n) is 8.11. The molecule has 1 aromatic carbocycles. The van der Waals surface area contributed by atoms with Crippen molar-refractivity contribution in [2.45, 2.75) is 58.7 Å². The summed E-state index contributed by atoms with van der Waals surface area (Å²) in [6.45, 7) is 7.17. The summed E-state index contributed by atoms with van der Waals surface area (Å²) in [5.74, 6) is -2.54. The summed E-state index contributed by atoms with van der Waals surface area (Å²) in [5, 5.41) is 15.6. The number of nitrogens with one attached hydrogen (secondary N) is 3. The van der Waals surface area contributed by atoms with Gasteiger partial charge in [-0.2, -0.15) is 0 Å². The van der Waals surface area contributed by atoms with Crippen LogP contribution in [0.1, 0.15) is 39.7 Å². The Morgan fingerprint density at radius 1 is 1.07 bits per heavy atom. The van der Waals surface area contributed by atoms with E-state index in [1.165, 1.54) is 0 Å². The number of carboxylic acids is 1. The molecular formula is C22H32N4O4. The third kappa shape index (κ3) is 5.60. The fraction of sp³-hybridized carbons (Fsp3) is 0.500. The molecule has 8 nitrogen and oxygen atoms in total. The number of benzene rings is 1. The Morgan fingerprint density at radius 2 is 1.70 bits per heavy atom. The summed E-state index contributed by atoms with van der Waals surface area (Å²) in [4.78, 5) is 40.1. The fourth-order valence-electron chi connectivity index (χ4n) is 3.35. The Bertz CT molecular complexity index is 892. The first-order chi connectivity index (χ1) is 14.1. The molecule has 0 saturated heterocycles.